The predicted octanol–water partition coefficient (Wildman–Crippen LogP) is 6.97. The van der Waals surface area contributed by atoms with E-state index in [4.69, 9.17) is 14.5 Å². The fourth-order valence-electron chi connectivity index (χ4n) is 5.70. The van der Waals surface area contributed by atoms with Crippen LogP contribution in [0.5, 0.6) is 0 Å². The van der Waals surface area contributed by atoms with Crippen molar-refractivity contribution in [3.8, 4) is 17.3 Å². The molecule has 3 aromatic heterocycles. The molecule has 2 atom stereocenters. The smallest absolute Gasteiger partial charge is 0.421 e. The maximum atomic E-state index is 13.6. The highest BCUT2D eigenvalue weighted by atomic mass is 16.6. The van der Waals surface area contributed by atoms with Gasteiger partial charge in [0.1, 0.15) is 23.3 Å². The third kappa shape index (κ3) is 6.07. The lowest BCUT2D eigenvalue weighted by Crippen LogP contribution is -2.35. The number of benzene rings is 1. The number of nitriles is 1. The van der Waals surface area contributed by atoms with E-state index in [0.29, 0.717) is 23.0 Å². The largest absolute Gasteiger partial charge is 0.460 e. The number of esters is 1. The average molecular weight is 579 g/mol. The summed E-state index contributed by atoms with van der Waals surface area (Å²) in [7, 11) is 0. The summed E-state index contributed by atoms with van der Waals surface area (Å²) in [4.78, 5) is 40.7. The number of aromatic nitrogens is 4. The lowest BCUT2D eigenvalue weighted by atomic mass is 10.0. The molecule has 10 nitrogen and oxygen atoms in total. The number of hydrogen-bond acceptors (Lipinski definition) is 8. The Morgan fingerprint density at radius 1 is 1.02 bits per heavy atom. The summed E-state index contributed by atoms with van der Waals surface area (Å²) < 4.78 is 13.5. The van der Waals surface area contributed by atoms with E-state index in [1.807, 2.05) is 24.5 Å². The Hall–Kier alpha value is -4.78. The van der Waals surface area contributed by atoms with Gasteiger partial charge in [-0.05, 0) is 101 Å². The second-order valence-electron chi connectivity index (χ2n) is 12.2. The van der Waals surface area contributed by atoms with E-state index in [2.05, 4.69) is 32.7 Å². The van der Waals surface area contributed by atoms with Crippen molar-refractivity contribution in [2.24, 2.45) is 0 Å². The number of nitrogens with zero attached hydrogens (tertiary/aromatic N) is 6. The van der Waals surface area contributed by atoms with E-state index >= 15 is 0 Å². The van der Waals surface area contributed by atoms with Crippen LogP contribution in [-0.4, -0.2) is 43.3 Å². The Kier molecular flexibility index (Phi) is 7.34. The molecule has 43 heavy (non-hydrogen) atoms. The van der Waals surface area contributed by atoms with Crippen molar-refractivity contribution in [1.82, 2.24) is 19.5 Å². The Morgan fingerprint density at radius 3 is 2.56 bits per heavy atom. The third-order valence-corrected chi connectivity index (χ3v) is 7.75. The molecule has 4 aromatic rings. The summed E-state index contributed by atoms with van der Waals surface area (Å²) in [5.74, 6) is 0.720. The molecule has 1 aromatic carbocycles. The molecule has 220 valence electrons. The van der Waals surface area contributed by atoms with Crippen LogP contribution in [0.2, 0.25) is 0 Å². The molecule has 0 N–H and O–H groups in total. The highest BCUT2D eigenvalue weighted by Gasteiger charge is 2.33. The Bertz CT molecular complexity index is 1750. The van der Waals surface area contributed by atoms with Crippen LogP contribution in [0.15, 0.2) is 55.0 Å². The summed E-state index contributed by atoms with van der Waals surface area (Å²) in [6, 6.07) is 15.3. The molecule has 2 saturated carbocycles. The van der Waals surface area contributed by atoms with Gasteiger partial charge in [-0.25, -0.2) is 24.6 Å². The molecule has 0 radical (unpaired) electrons. The van der Waals surface area contributed by atoms with Gasteiger partial charge in [-0.3, -0.25) is 4.79 Å². The van der Waals surface area contributed by atoms with Crippen LogP contribution in [0.1, 0.15) is 82.9 Å². The third-order valence-electron chi connectivity index (χ3n) is 7.75. The van der Waals surface area contributed by atoms with Gasteiger partial charge in [0.15, 0.2) is 0 Å². The Morgan fingerprint density at radius 2 is 1.84 bits per heavy atom. The standard InChI is InChI=1S/C33H34N6O4/c1-20(40)42-29-7-5-6-27(29)38-19-36-25-11-10-23(16-28(25)38)26-15-24(22-8-9-22)17-31(37-26)39(32(41)43-33(2,3)4)30-14-21(18-34)12-13-35-30/h10-17,19,22,27,29H,5-9H2,1-4H3/t27-,29-/m0/s1. The number of pyridine rings is 2. The Labute approximate surface area is 250 Å². The lowest BCUT2D eigenvalue weighted by molar-refractivity contribution is -0.147. The number of ether oxygens (including phenoxy) is 2. The van der Waals surface area contributed by atoms with Gasteiger partial charge < -0.3 is 14.0 Å². The molecular weight excluding hydrogens is 544 g/mol. The van der Waals surface area contributed by atoms with Gasteiger partial charge in [0.2, 0.25) is 0 Å². The van der Waals surface area contributed by atoms with Crippen molar-refractivity contribution in [2.75, 3.05) is 4.90 Å². The van der Waals surface area contributed by atoms with Gasteiger partial charge in [0.25, 0.3) is 0 Å². The van der Waals surface area contributed by atoms with E-state index in [1.165, 1.54) is 18.0 Å². The van der Waals surface area contributed by atoms with E-state index in [-0.39, 0.29) is 23.9 Å². The number of carbonyl (C=O) groups excluding carboxylic acids is 2. The Balaban J connectivity index is 1.45. The van der Waals surface area contributed by atoms with E-state index < -0.39 is 11.7 Å². The number of imidazole rings is 1. The van der Waals surface area contributed by atoms with Gasteiger partial charge in [0, 0.05) is 18.7 Å². The maximum Gasteiger partial charge on any atom is 0.421 e. The molecule has 0 bridgehead atoms. The van der Waals surface area contributed by atoms with Crippen LogP contribution in [0, 0.1) is 11.3 Å². The van der Waals surface area contributed by atoms with E-state index in [0.717, 1.165) is 54.3 Å². The van der Waals surface area contributed by atoms with Gasteiger partial charge in [-0.2, -0.15) is 5.26 Å². The van der Waals surface area contributed by atoms with E-state index in [9.17, 15) is 14.9 Å². The molecule has 2 aliphatic rings. The van der Waals surface area contributed by atoms with Crippen molar-refractivity contribution in [2.45, 2.75) is 83.5 Å². The van der Waals surface area contributed by atoms with Gasteiger partial charge in [-0.1, -0.05) is 6.07 Å². The van der Waals surface area contributed by atoms with Gasteiger partial charge in [0.05, 0.1) is 40.7 Å². The maximum absolute atomic E-state index is 13.6. The van der Waals surface area contributed by atoms with Crippen LogP contribution in [-0.2, 0) is 14.3 Å². The summed E-state index contributed by atoms with van der Waals surface area (Å²) in [5.41, 5.74) is 4.01. The molecule has 0 unspecified atom stereocenters. The van der Waals surface area contributed by atoms with Gasteiger partial charge >= 0.3 is 12.1 Å². The first-order valence-corrected chi connectivity index (χ1v) is 14.6. The number of rotatable bonds is 6. The van der Waals surface area contributed by atoms with Crippen molar-refractivity contribution >= 4 is 34.7 Å². The summed E-state index contributed by atoms with van der Waals surface area (Å²) in [6.07, 6.45) is 7.29. The zero-order chi connectivity index (χ0) is 30.3. The molecular formula is C33H34N6O4. The monoisotopic (exact) mass is 578 g/mol. The molecule has 2 aliphatic carbocycles. The summed E-state index contributed by atoms with van der Waals surface area (Å²) in [5, 5.41) is 9.53. The fourth-order valence-corrected chi connectivity index (χ4v) is 5.70. The van der Waals surface area contributed by atoms with Gasteiger partial charge in [-0.15, -0.1) is 0 Å². The van der Waals surface area contributed by atoms with Crippen molar-refractivity contribution in [3.63, 3.8) is 0 Å². The molecule has 0 saturated heterocycles. The fraction of sp³-hybridized carbons (Fsp3) is 0.394. The highest BCUT2D eigenvalue weighted by molar-refractivity contribution is 5.95. The average Bonchev–Trinajstić information content (AvgIpc) is 3.59. The minimum absolute atomic E-state index is 0.00612. The SMILES string of the molecule is CC(=O)O[C@H]1CCC[C@@H]1n1cnc2ccc(-c3cc(C4CC4)cc(N(C(=O)OC(C)(C)C)c4cc(C#N)ccn4)n3)cc21. The minimum atomic E-state index is -0.757. The highest BCUT2D eigenvalue weighted by Crippen LogP contribution is 2.43. The van der Waals surface area contributed by atoms with Crippen molar-refractivity contribution in [3.05, 3.63) is 66.1 Å². The first-order chi connectivity index (χ1) is 20.6. The second-order valence-corrected chi connectivity index (χ2v) is 12.2. The first kappa shape index (κ1) is 28.3. The molecule has 0 aliphatic heterocycles. The molecule has 2 fully saturated rings. The van der Waals surface area contributed by atoms with Crippen LogP contribution in [0.4, 0.5) is 16.4 Å². The molecule has 10 heteroatoms. The summed E-state index contributed by atoms with van der Waals surface area (Å²) in [6.45, 7) is 6.85. The number of amides is 1. The zero-order valence-electron chi connectivity index (χ0n) is 24.8. The topological polar surface area (TPSA) is 123 Å². The van der Waals surface area contributed by atoms with Crippen LogP contribution >= 0.6 is 0 Å². The quantitative estimate of drug-likeness (QED) is 0.225. The molecule has 1 amide bonds. The summed E-state index contributed by atoms with van der Waals surface area (Å²) >= 11 is 0. The predicted molar refractivity (Wildman–Crippen MR) is 161 cm³/mol. The van der Waals surface area contributed by atoms with Crippen LogP contribution < -0.4 is 4.90 Å². The molecule has 3 heterocycles. The number of fused-ring (bicyclic) bond motifs is 1. The first-order valence-electron chi connectivity index (χ1n) is 14.6. The van der Waals surface area contributed by atoms with Crippen molar-refractivity contribution < 1.29 is 19.1 Å². The molecule has 6 rings (SSSR count). The number of carbonyl (C=O) groups is 2. The number of hydrogen-bond donors (Lipinski definition) is 0. The second kappa shape index (κ2) is 11.1. The van der Waals surface area contributed by atoms with Crippen molar-refractivity contribution in [1.29, 1.82) is 5.26 Å². The zero-order valence-corrected chi connectivity index (χ0v) is 24.8. The normalized spacial score (nSPS) is 18.3. The van der Waals surface area contributed by atoms with Crippen LogP contribution in [0.3, 0.4) is 0 Å². The van der Waals surface area contributed by atoms with Crippen LogP contribution in [0.25, 0.3) is 22.3 Å². The molecule has 0 spiro atoms. The minimum Gasteiger partial charge on any atom is -0.460 e. The number of anilines is 2. The lowest BCUT2D eigenvalue weighted by Gasteiger charge is -2.27. The van der Waals surface area contributed by atoms with E-state index in [1.54, 1.807) is 32.9 Å².